The van der Waals surface area contributed by atoms with Gasteiger partial charge in [0.25, 0.3) is 0 Å². The maximum atomic E-state index is 13.3. The van der Waals surface area contributed by atoms with Gasteiger partial charge in [-0.3, -0.25) is 0 Å². The third-order valence-corrected chi connectivity index (χ3v) is 2.86. The van der Waals surface area contributed by atoms with Gasteiger partial charge in [0.1, 0.15) is 10.8 Å². The molecule has 1 aromatic heterocycles. The van der Waals surface area contributed by atoms with Crippen molar-refractivity contribution in [1.29, 1.82) is 0 Å². The van der Waals surface area contributed by atoms with Crippen LogP contribution in [0.2, 0.25) is 5.02 Å². The Hall–Kier alpha value is -1.13. The third-order valence-electron chi connectivity index (χ3n) is 1.84. The molecule has 0 atom stereocenters. The first-order chi connectivity index (χ1) is 7.25. The highest BCUT2D eigenvalue weighted by Gasteiger charge is 2.02. The zero-order chi connectivity index (χ0) is 10.7. The standard InChI is InChI=1S/C10H8ClFN2S/c11-7-1-2-9(8(12)5-7)14-6-10-13-3-4-15-10/h1-5,14H,6H2. The van der Waals surface area contributed by atoms with Gasteiger partial charge in [-0.05, 0) is 18.2 Å². The highest BCUT2D eigenvalue weighted by Crippen LogP contribution is 2.19. The lowest BCUT2D eigenvalue weighted by Crippen LogP contribution is -2.00. The Morgan fingerprint density at radius 3 is 3.00 bits per heavy atom. The van der Waals surface area contributed by atoms with E-state index in [-0.39, 0.29) is 5.82 Å². The number of rotatable bonds is 3. The molecular weight excluding hydrogens is 235 g/mol. The number of hydrogen-bond donors (Lipinski definition) is 1. The fourth-order valence-electron chi connectivity index (χ4n) is 1.14. The molecule has 78 valence electrons. The van der Waals surface area contributed by atoms with Crippen LogP contribution in [0.25, 0.3) is 0 Å². The summed E-state index contributed by atoms with van der Waals surface area (Å²) < 4.78 is 13.3. The normalized spacial score (nSPS) is 10.3. The topological polar surface area (TPSA) is 24.9 Å². The summed E-state index contributed by atoms with van der Waals surface area (Å²) in [5, 5.41) is 6.16. The fourth-order valence-corrected chi connectivity index (χ4v) is 1.86. The predicted molar refractivity (Wildman–Crippen MR) is 60.9 cm³/mol. The Labute approximate surface area is 95.7 Å². The highest BCUT2D eigenvalue weighted by atomic mass is 35.5. The first-order valence-corrected chi connectivity index (χ1v) is 5.59. The van der Waals surface area contributed by atoms with Crippen molar-refractivity contribution < 1.29 is 4.39 Å². The number of anilines is 1. The second-order valence-corrected chi connectivity index (χ2v) is 4.32. The van der Waals surface area contributed by atoms with Crippen molar-refractivity contribution in [3.05, 3.63) is 45.6 Å². The van der Waals surface area contributed by atoms with Crippen molar-refractivity contribution in [2.75, 3.05) is 5.32 Å². The molecule has 0 saturated heterocycles. The van der Waals surface area contributed by atoms with Crippen LogP contribution in [0.4, 0.5) is 10.1 Å². The fraction of sp³-hybridized carbons (Fsp3) is 0.100. The molecule has 0 spiro atoms. The van der Waals surface area contributed by atoms with Gasteiger partial charge in [-0.1, -0.05) is 11.6 Å². The molecule has 0 unspecified atom stereocenters. The summed E-state index contributed by atoms with van der Waals surface area (Å²) in [6.07, 6.45) is 1.72. The van der Waals surface area contributed by atoms with E-state index in [1.165, 1.54) is 17.4 Å². The molecule has 1 aromatic carbocycles. The average Bonchev–Trinajstić information content (AvgIpc) is 2.69. The number of hydrogen-bond acceptors (Lipinski definition) is 3. The maximum Gasteiger partial charge on any atom is 0.147 e. The van der Waals surface area contributed by atoms with Crippen LogP contribution in [0.15, 0.2) is 29.8 Å². The van der Waals surface area contributed by atoms with E-state index in [0.29, 0.717) is 17.3 Å². The molecule has 2 aromatic rings. The van der Waals surface area contributed by atoms with Gasteiger partial charge in [0.15, 0.2) is 0 Å². The molecule has 1 heterocycles. The summed E-state index contributed by atoms with van der Waals surface area (Å²) in [5.41, 5.74) is 0.439. The minimum Gasteiger partial charge on any atom is -0.376 e. The van der Waals surface area contributed by atoms with Gasteiger partial charge in [0.05, 0.1) is 12.2 Å². The van der Waals surface area contributed by atoms with Gasteiger partial charge < -0.3 is 5.32 Å². The van der Waals surface area contributed by atoms with Crippen molar-refractivity contribution in [2.45, 2.75) is 6.54 Å². The van der Waals surface area contributed by atoms with Crippen molar-refractivity contribution in [1.82, 2.24) is 4.98 Å². The van der Waals surface area contributed by atoms with Crippen LogP contribution in [-0.2, 0) is 6.54 Å². The van der Waals surface area contributed by atoms with E-state index in [2.05, 4.69) is 10.3 Å². The first-order valence-electron chi connectivity index (χ1n) is 4.33. The number of aromatic nitrogens is 1. The number of thiazole rings is 1. The smallest absolute Gasteiger partial charge is 0.147 e. The van der Waals surface area contributed by atoms with E-state index in [0.717, 1.165) is 5.01 Å². The van der Waals surface area contributed by atoms with Crippen LogP contribution in [0, 0.1) is 5.82 Å². The molecule has 0 aliphatic carbocycles. The quantitative estimate of drug-likeness (QED) is 0.891. The summed E-state index contributed by atoms with van der Waals surface area (Å²) in [6.45, 7) is 0.524. The molecule has 0 bridgehead atoms. The number of halogens is 2. The summed E-state index contributed by atoms with van der Waals surface area (Å²) >= 11 is 7.17. The second-order valence-electron chi connectivity index (χ2n) is 2.90. The number of nitrogens with zero attached hydrogens (tertiary/aromatic N) is 1. The lowest BCUT2D eigenvalue weighted by atomic mass is 10.3. The highest BCUT2D eigenvalue weighted by molar-refractivity contribution is 7.09. The van der Waals surface area contributed by atoms with Crippen molar-refractivity contribution in [3.8, 4) is 0 Å². The van der Waals surface area contributed by atoms with Gasteiger partial charge in [-0.15, -0.1) is 11.3 Å². The largest absolute Gasteiger partial charge is 0.376 e. The molecule has 1 N–H and O–H groups in total. The molecule has 2 rings (SSSR count). The molecule has 5 heteroatoms. The summed E-state index contributed by atoms with van der Waals surface area (Å²) in [5.74, 6) is -0.348. The summed E-state index contributed by atoms with van der Waals surface area (Å²) in [6, 6.07) is 4.55. The van der Waals surface area contributed by atoms with Crippen LogP contribution in [0.3, 0.4) is 0 Å². The molecule has 0 fully saturated rings. The Morgan fingerprint density at radius 1 is 1.47 bits per heavy atom. The molecule has 15 heavy (non-hydrogen) atoms. The van der Waals surface area contributed by atoms with E-state index in [4.69, 9.17) is 11.6 Å². The monoisotopic (exact) mass is 242 g/mol. The van der Waals surface area contributed by atoms with Crippen molar-refractivity contribution in [3.63, 3.8) is 0 Å². The van der Waals surface area contributed by atoms with Gasteiger partial charge in [-0.2, -0.15) is 0 Å². The third kappa shape index (κ3) is 2.67. The van der Waals surface area contributed by atoms with Crippen LogP contribution in [0.5, 0.6) is 0 Å². The molecule has 2 nitrogen and oxygen atoms in total. The van der Waals surface area contributed by atoms with Crippen LogP contribution in [0.1, 0.15) is 5.01 Å². The first kappa shape index (κ1) is 10.4. The Bertz CT molecular complexity index is 445. The van der Waals surface area contributed by atoms with Crippen molar-refractivity contribution in [2.24, 2.45) is 0 Å². The van der Waals surface area contributed by atoms with E-state index < -0.39 is 0 Å². The zero-order valence-corrected chi connectivity index (χ0v) is 9.28. The lowest BCUT2D eigenvalue weighted by Gasteiger charge is -2.05. The molecule has 0 radical (unpaired) electrons. The SMILES string of the molecule is Fc1cc(Cl)ccc1NCc1nccs1. The van der Waals surface area contributed by atoms with E-state index >= 15 is 0 Å². The number of benzene rings is 1. The Morgan fingerprint density at radius 2 is 2.33 bits per heavy atom. The molecule has 0 aliphatic heterocycles. The van der Waals surface area contributed by atoms with Gasteiger partial charge in [0.2, 0.25) is 0 Å². The van der Waals surface area contributed by atoms with Gasteiger partial charge in [0, 0.05) is 16.6 Å². The van der Waals surface area contributed by atoms with E-state index in [1.807, 2.05) is 5.38 Å². The Balaban J connectivity index is 2.05. The van der Waals surface area contributed by atoms with E-state index in [9.17, 15) is 4.39 Å². The molecule has 0 aliphatic rings. The second kappa shape index (κ2) is 4.59. The van der Waals surface area contributed by atoms with Crippen LogP contribution < -0.4 is 5.32 Å². The minimum absolute atomic E-state index is 0.348. The van der Waals surface area contributed by atoms with Crippen LogP contribution in [-0.4, -0.2) is 4.98 Å². The molecule has 0 amide bonds. The van der Waals surface area contributed by atoms with Gasteiger partial charge >= 0.3 is 0 Å². The molecular formula is C10H8ClFN2S. The maximum absolute atomic E-state index is 13.3. The summed E-state index contributed by atoms with van der Waals surface area (Å²) in [7, 11) is 0. The lowest BCUT2D eigenvalue weighted by molar-refractivity contribution is 0.630. The van der Waals surface area contributed by atoms with E-state index in [1.54, 1.807) is 18.3 Å². The zero-order valence-electron chi connectivity index (χ0n) is 7.71. The van der Waals surface area contributed by atoms with Crippen molar-refractivity contribution >= 4 is 28.6 Å². The number of nitrogens with one attached hydrogen (secondary N) is 1. The average molecular weight is 243 g/mol. The van der Waals surface area contributed by atoms with Crippen LogP contribution >= 0.6 is 22.9 Å². The van der Waals surface area contributed by atoms with Gasteiger partial charge in [-0.25, -0.2) is 9.37 Å². The predicted octanol–water partition coefficient (Wildman–Crippen LogP) is 3.55. The Kier molecular flexibility index (Phi) is 3.18. The minimum atomic E-state index is -0.348. The summed E-state index contributed by atoms with van der Waals surface area (Å²) in [4.78, 5) is 4.09. The molecule has 0 saturated carbocycles.